The Morgan fingerprint density at radius 3 is 2.85 bits per heavy atom. The van der Waals surface area contributed by atoms with E-state index in [1.165, 1.54) is 6.07 Å². The minimum absolute atomic E-state index is 0.0516. The summed E-state index contributed by atoms with van der Waals surface area (Å²) < 4.78 is 1.82. The smallest absolute Gasteiger partial charge is 0.293 e. The second-order valence-corrected chi connectivity index (χ2v) is 7.65. The van der Waals surface area contributed by atoms with Crippen molar-refractivity contribution in [1.29, 1.82) is 5.26 Å². The van der Waals surface area contributed by atoms with Crippen LogP contribution in [0.4, 0.5) is 11.4 Å². The Morgan fingerprint density at radius 1 is 1.48 bits per heavy atom. The molecule has 8 heteroatoms. The van der Waals surface area contributed by atoms with Gasteiger partial charge in [0.25, 0.3) is 5.69 Å². The summed E-state index contributed by atoms with van der Waals surface area (Å²) in [5.74, 6) is 0.411. The number of nitrogens with zero attached hydrogens (tertiary/aromatic N) is 5. The third-order valence-corrected chi connectivity index (χ3v) is 5.24. The summed E-state index contributed by atoms with van der Waals surface area (Å²) in [5, 5.41) is 25.8. The first-order valence-electron chi connectivity index (χ1n) is 9.01. The lowest BCUT2D eigenvalue weighted by molar-refractivity contribution is -0.384. The Hall–Kier alpha value is -2.59. The van der Waals surface area contributed by atoms with Crippen molar-refractivity contribution < 1.29 is 4.92 Å². The molecule has 1 aromatic carbocycles. The van der Waals surface area contributed by atoms with Crippen LogP contribution < -0.4 is 4.90 Å². The Bertz CT molecular complexity index is 916. The molecule has 1 atom stereocenters. The van der Waals surface area contributed by atoms with Crippen molar-refractivity contribution in [2.75, 3.05) is 11.4 Å². The molecular weight excluding hydrogens is 366 g/mol. The number of rotatable bonds is 5. The second-order valence-electron chi connectivity index (χ2n) is 7.29. The highest BCUT2D eigenvalue weighted by Gasteiger charge is 2.34. The van der Waals surface area contributed by atoms with Gasteiger partial charge in [0.15, 0.2) is 0 Å². The average molecular weight is 388 g/mol. The van der Waals surface area contributed by atoms with E-state index < -0.39 is 4.92 Å². The zero-order chi connectivity index (χ0) is 19.7. The van der Waals surface area contributed by atoms with Crippen LogP contribution in [0.1, 0.15) is 49.6 Å². The van der Waals surface area contributed by atoms with Gasteiger partial charge in [0, 0.05) is 24.7 Å². The van der Waals surface area contributed by atoms with Gasteiger partial charge in [-0.1, -0.05) is 25.4 Å². The number of nitro groups is 1. The number of nitriles is 1. The topological polar surface area (TPSA) is 88.0 Å². The third kappa shape index (κ3) is 3.62. The SMILES string of the molecule is Cc1nn(CC(C)C)c(Cl)c1C1CCCN1c1ccc(C#N)cc1[N+](=O)[O-]. The van der Waals surface area contributed by atoms with Crippen molar-refractivity contribution in [2.45, 2.75) is 46.2 Å². The van der Waals surface area contributed by atoms with Crippen molar-refractivity contribution >= 4 is 23.0 Å². The highest BCUT2D eigenvalue weighted by molar-refractivity contribution is 6.30. The largest absolute Gasteiger partial charge is 0.359 e. The van der Waals surface area contributed by atoms with Crippen molar-refractivity contribution in [3.05, 3.63) is 50.3 Å². The Morgan fingerprint density at radius 2 is 2.22 bits per heavy atom. The number of halogens is 1. The molecule has 2 heterocycles. The van der Waals surface area contributed by atoms with E-state index >= 15 is 0 Å². The fraction of sp³-hybridized carbons (Fsp3) is 0.474. The summed E-state index contributed by atoms with van der Waals surface area (Å²) in [6, 6.07) is 6.52. The minimum Gasteiger partial charge on any atom is -0.359 e. The van der Waals surface area contributed by atoms with Gasteiger partial charge in [-0.3, -0.25) is 14.8 Å². The van der Waals surface area contributed by atoms with Crippen LogP contribution in [-0.2, 0) is 6.54 Å². The van der Waals surface area contributed by atoms with E-state index in [9.17, 15) is 10.1 Å². The Balaban J connectivity index is 2.04. The van der Waals surface area contributed by atoms with Crippen LogP contribution in [0.25, 0.3) is 0 Å². The van der Waals surface area contributed by atoms with Crippen LogP contribution in [0, 0.1) is 34.3 Å². The fourth-order valence-electron chi connectivity index (χ4n) is 3.75. The summed E-state index contributed by atoms with van der Waals surface area (Å²) in [4.78, 5) is 13.2. The first-order valence-corrected chi connectivity index (χ1v) is 9.39. The van der Waals surface area contributed by atoms with Gasteiger partial charge in [-0.15, -0.1) is 0 Å². The van der Waals surface area contributed by atoms with Gasteiger partial charge in [-0.25, -0.2) is 0 Å². The predicted octanol–water partition coefficient (Wildman–Crippen LogP) is 4.62. The van der Waals surface area contributed by atoms with E-state index in [4.69, 9.17) is 16.9 Å². The molecule has 1 unspecified atom stereocenters. The molecule has 1 aromatic heterocycles. The van der Waals surface area contributed by atoms with Gasteiger partial charge in [0.05, 0.1) is 28.3 Å². The number of hydrogen-bond donors (Lipinski definition) is 0. The van der Waals surface area contributed by atoms with E-state index in [2.05, 4.69) is 18.9 Å². The molecule has 0 amide bonds. The van der Waals surface area contributed by atoms with Crippen molar-refractivity contribution in [3.63, 3.8) is 0 Å². The molecule has 27 heavy (non-hydrogen) atoms. The maximum Gasteiger partial charge on any atom is 0.293 e. The summed E-state index contributed by atoms with van der Waals surface area (Å²) in [6.07, 6.45) is 1.76. The van der Waals surface area contributed by atoms with Crippen molar-refractivity contribution in [3.8, 4) is 6.07 Å². The molecule has 1 aliphatic rings. The number of nitro benzene ring substituents is 1. The number of aryl methyl sites for hydroxylation is 1. The fourth-order valence-corrected chi connectivity index (χ4v) is 4.12. The van der Waals surface area contributed by atoms with Gasteiger partial charge in [-0.05, 0) is 37.8 Å². The quantitative estimate of drug-likeness (QED) is 0.551. The highest BCUT2D eigenvalue weighted by atomic mass is 35.5. The number of anilines is 1. The van der Waals surface area contributed by atoms with Crippen LogP contribution in [0.2, 0.25) is 5.15 Å². The highest BCUT2D eigenvalue weighted by Crippen LogP contribution is 2.43. The predicted molar refractivity (Wildman–Crippen MR) is 104 cm³/mol. The molecule has 0 aliphatic carbocycles. The normalized spacial score (nSPS) is 16.7. The molecule has 1 fully saturated rings. The molecule has 0 spiro atoms. The summed E-state index contributed by atoms with van der Waals surface area (Å²) in [6.45, 7) is 7.57. The molecule has 142 valence electrons. The molecule has 0 radical (unpaired) electrons. The molecule has 3 rings (SSSR count). The van der Waals surface area contributed by atoms with E-state index in [-0.39, 0.29) is 17.3 Å². The molecule has 0 saturated carbocycles. The lowest BCUT2D eigenvalue weighted by atomic mass is 10.0. The number of aromatic nitrogens is 2. The first-order chi connectivity index (χ1) is 12.8. The monoisotopic (exact) mass is 387 g/mol. The zero-order valence-corrected chi connectivity index (χ0v) is 16.4. The number of hydrogen-bond acceptors (Lipinski definition) is 5. The number of benzene rings is 1. The van der Waals surface area contributed by atoms with Crippen molar-refractivity contribution in [1.82, 2.24) is 9.78 Å². The van der Waals surface area contributed by atoms with Crippen LogP contribution in [0.3, 0.4) is 0 Å². The average Bonchev–Trinajstić information content (AvgIpc) is 3.18. The van der Waals surface area contributed by atoms with Crippen LogP contribution in [0.15, 0.2) is 18.2 Å². The summed E-state index contributed by atoms with van der Waals surface area (Å²) in [7, 11) is 0. The van der Waals surface area contributed by atoms with Crippen LogP contribution in [0.5, 0.6) is 0 Å². The van der Waals surface area contributed by atoms with Crippen molar-refractivity contribution in [2.24, 2.45) is 5.92 Å². The maximum atomic E-state index is 11.6. The molecule has 1 aliphatic heterocycles. The second kappa shape index (κ2) is 7.57. The van der Waals surface area contributed by atoms with E-state index in [0.29, 0.717) is 23.3 Å². The first kappa shape index (κ1) is 19.2. The third-order valence-electron chi connectivity index (χ3n) is 4.84. The zero-order valence-electron chi connectivity index (χ0n) is 15.6. The molecule has 0 bridgehead atoms. The molecule has 2 aromatic rings. The van der Waals surface area contributed by atoms with E-state index in [1.54, 1.807) is 12.1 Å². The minimum atomic E-state index is -0.428. The standard InChI is InChI=1S/C19H22ClN5O2/c1-12(2)11-24-19(20)18(13(3)22-24)16-5-4-8-23(16)15-7-6-14(10-21)9-17(15)25(26)27/h6-7,9,12,16H,4-5,8,11H2,1-3H3. The van der Waals surface area contributed by atoms with E-state index in [1.807, 2.05) is 22.6 Å². The molecule has 0 N–H and O–H groups in total. The van der Waals surface area contributed by atoms with Gasteiger partial charge < -0.3 is 4.90 Å². The van der Waals surface area contributed by atoms with E-state index in [0.717, 1.165) is 30.6 Å². The van der Waals surface area contributed by atoms with Gasteiger partial charge in [0.2, 0.25) is 0 Å². The maximum absolute atomic E-state index is 11.6. The van der Waals surface area contributed by atoms with Gasteiger partial charge >= 0.3 is 0 Å². The Kier molecular flexibility index (Phi) is 5.38. The summed E-state index contributed by atoms with van der Waals surface area (Å²) >= 11 is 6.65. The van der Waals surface area contributed by atoms with Gasteiger partial charge in [-0.2, -0.15) is 10.4 Å². The molecule has 1 saturated heterocycles. The molecule has 7 nitrogen and oxygen atoms in total. The van der Waals surface area contributed by atoms with Gasteiger partial charge in [0.1, 0.15) is 10.8 Å². The lowest BCUT2D eigenvalue weighted by Crippen LogP contribution is -2.24. The Labute approximate surface area is 163 Å². The van der Waals surface area contributed by atoms with Crippen LogP contribution >= 0.6 is 11.6 Å². The lowest BCUT2D eigenvalue weighted by Gasteiger charge is -2.27. The van der Waals surface area contributed by atoms with Crippen LogP contribution in [-0.4, -0.2) is 21.2 Å². The summed E-state index contributed by atoms with van der Waals surface area (Å²) in [5.41, 5.74) is 2.54. The molecular formula is C19H22ClN5O2.